The molecule has 0 aliphatic heterocycles. The summed E-state index contributed by atoms with van der Waals surface area (Å²) in [5, 5.41) is 11.6. The first-order chi connectivity index (χ1) is 7.97. The maximum atomic E-state index is 12.3. The molecule has 1 atom stereocenters. The molecule has 92 valence electrons. The summed E-state index contributed by atoms with van der Waals surface area (Å²) in [6.45, 7) is 2.26. The van der Waals surface area contributed by atoms with E-state index in [9.17, 15) is 13.2 Å². The number of nitrogens with one attached hydrogen (secondary N) is 1. The molecule has 2 nitrogen and oxygen atoms in total. The van der Waals surface area contributed by atoms with Gasteiger partial charge in [0, 0.05) is 6.54 Å². The highest BCUT2D eigenvalue weighted by Gasteiger charge is 2.29. The molecule has 0 bridgehead atoms. The number of nitriles is 1. The van der Waals surface area contributed by atoms with E-state index in [0.29, 0.717) is 13.0 Å². The summed E-state index contributed by atoms with van der Waals surface area (Å²) < 4.78 is 36.9. The molecule has 0 spiro atoms. The van der Waals surface area contributed by atoms with Crippen LogP contribution >= 0.6 is 0 Å². The van der Waals surface area contributed by atoms with Crippen LogP contribution in [0.1, 0.15) is 24.5 Å². The Labute approximate surface area is 98.1 Å². The molecular formula is C12H13F3N2. The van der Waals surface area contributed by atoms with Crippen LogP contribution in [0, 0.1) is 11.3 Å². The number of rotatable bonds is 4. The van der Waals surface area contributed by atoms with Crippen LogP contribution < -0.4 is 5.32 Å². The van der Waals surface area contributed by atoms with Gasteiger partial charge in [0.15, 0.2) is 0 Å². The highest BCUT2D eigenvalue weighted by atomic mass is 19.4. The van der Waals surface area contributed by atoms with Gasteiger partial charge in [0.05, 0.1) is 17.7 Å². The van der Waals surface area contributed by atoms with Gasteiger partial charge < -0.3 is 0 Å². The topological polar surface area (TPSA) is 35.8 Å². The summed E-state index contributed by atoms with van der Waals surface area (Å²) >= 11 is 0. The van der Waals surface area contributed by atoms with Crippen molar-refractivity contribution >= 4 is 0 Å². The van der Waals surface area contributed by atoms with E-state index in [1.54, 1.807) is 0 Å². The quantitative estimate of drug-likeness (QED) is 0.880. The predicted molar refractivity (Wildman–Crippen MR) is 58.0 cm³/mol. The molecular weight excluding hydrogens is 229 g/mol. The van der Waals surface area contributed by atoms with E-state index in [2.05, 4.69) is 11.4 Å². The van der Waals surface area contributed by atoms with Crippen molar-refractivity contribution in [3.8, 4) is 6.07 Å². The van der Waals surface area contributed by atoms with E-state index >= 15 is 0 Å². The highest BCUT2D eigenvalue weighted by molar-refractivity contribution is 5.24. The molecule has 0 saturated carbocycles. The van der Waals surface area contributed by atoms with Crippen molar-refractivity contribution in [1.82, 2.24) is 5.32 Å². The number of halogens is 3. The van der Waals surface area contributed by atoms with Crippen LogP contribution in [0.2, 0.25) is 0 Å². The summed E-state index contributed by atoms with van der Waals surface area (Å²) in [4.78, 5) is 0. The predicted octanol–water partition coefficient (Wildman–Crippen LogP) is 3.10. The largest absolute Gasteiger partial charge is 0.416 e. The maximum Gasteiger partial charge on any atom is 0.416 e. The number of nitrogens with zero attached hydrogens (tertiary/aromatic N) is 1. The molecule has 1 unspecified atom stereocenters. The second-order valence-corrected chi connectivity index (χ2v) is 3.67. The lowest BCUT2D eigenvalue weighted by Gasteiger charge is -2.10. The first-order valence-corrected chi connectivity index (χ1v) is 5.26. The first-order valence-electron chi connectivity index (χ1n) is 5.26. The molecule has 1 N–H and O–H groups in total. The zero-order valence-electron chi connectivity index (χ0n) is 9.38. The summed E-state index contributed by atoms with van der Waals surface area (Å²) in [5.74, 6) is 0. The zero-order valence-corrected chi connectivity index (χ0v) is 9.38. The standard InChI is InChI=1S/C12H13F3N2/c1-2-11(7-16)17-8-9-3-5-10(6-4-9)12(13,14)15/h3-6,11,17H,2,8H2,1H3. The number of hydrogen-bond donors (Lipinski definition) is 1. The zero-order chi connectivity index (χ0) is 12.9. The van der Waals surface area contributed by atoms with E-state index < -0.39 is 11.7 Å². The Kier molecular flexibility index (Phi) is 4.53. The second-order valence-electron chi connectivity index (χ2n) is 3.67. The van der Waals surface area contributed by atoms with Gasteiger partial charge >= 0.3 is 6.18 Å². The third kappa shape index (κ3) is 4.08. The van der Waals surface area contributed by atoms with Crippen molar-refractivity contribution < 1.29 is 13.2 Å². The fourth-order valence-corrected chi connectivity index (χ4v) is 1.33. The average Bonchev–Trinajstić information content (AvgIpc) is 2.30. The molecule has 1 rings (SSSR count). The SMILES string of the molecule is CCC(C#N)NCc1ccc(C(F)(F)F)cc1. The van der Waals surface area contributed by atoms with Crippen molar-refractivity contribution in [1.29, 1.82) is 5.26 Å². The molecule has 17 heavy (non-hydrogen) atoms. The molecule has 1 aromatic rings. The number of alkyl halides is 3. The molecule has 0 aromatic heterocycles. The van der Waals surface area contributed by atoms with Crippen LogP contribution in [-0.4, -0.2) is 6.04 Å². The first kappa shape index (κ1) is 13.5. The Morgan fingerprint density at radius 1 is 1.29 bits per heavy atom. The van der Waals surface area contributed by atoms with Crippen molar-refractivity contribution in [2.24, 2.45) is 0 Å². The molecule has 0 aliphatic rings. The van der Waals surface area contributed by atoms with Gasteiger partial charge in [0.1, 0.15) is 0 Å². The van der Waals surface area contributed by atoms with Gasteiger partial charge in [0.25, 0.3) is 0 Å². The molecule has 1 aromatic carbocycles. The Morgan fingerprint density at radius 3 is 2.29 bits per heavy atom. The third-order valence-corrected chi connectivity index (χ3v) is 2.40. The van der Waals surface area contributed by atoms with Gasteiger partial charge in [-0.05, 0) is 24.1 Å². The van der Waals surface area contributed by atoms with Crippen LogP contribution in [0.25, 0.3) is 0 Å². The lowest BCUT2D eigenvalue weighted by atomic mass is 10.1. The van der Waals surface area contributed by atoms with E-state index in [4.69, 9.17) is 5.26 Å². The fraction of sp³-hybridized carbons (Fsp3) is 0.417. The maximum absolute atomic E-state index is 12.3. The fourth-order valence-electron chi connectivity index (χ4n) is 1.33. The van der Waals surface area contributed by atoms with Gasteiger partial charge in [-0.3, -0.25) is 5.32 Å². The molecule has 0 saturated heterocycles. The molecule has 0 fully saturated rings. The van der Waals surface area contributed by atoms with Gasteiger partial charge in [-0.25, -0.2) is 0 Å². The lowest BCUT2D eigenvalue weighted by Crippen LogP contribution is -2.26. The Hall–Kier alpha value is -1.54. The normalized spacial score (nSPS) is 13.1. The Bertz CT molecular complexity index is 390. The van der Waals surface area contributed by atoms with Crippen LogP contribution in [0.5, 0.6) is 0 Å². The summed E-state index contributed by atoms with van der Waals surface area (Å²) in [6, 6.07) is 6.73. The third-order valence-electron chi connectivity index (χ3n) is 2.40. The minimum Gasteiger partial charge on any atom is -0.298 e. The van der Waals surface area contributed by atoms with Gasteiger partial charge in [-0.1, -0.05) is 19.1 Å². The minimum atomic E-state index is -4.30. The minimum absolute atomic E-state index is 0.266. The number of benzene rings is 1. The van der Waals surface area contributed by atoms with Crippen LogP contribution in [0.15, 0.2) is 24.3 Å². The van der Waals surface area contributed by atoms with Crippen LogP contribution in [0.3, 0.4) is 0 Å². The summed E-state index contributed by atoms with van der Waals surface area (Å²) in [5.41, 5.74) is 0.0697. The Morgan fingerprint density at radius 2 is 1.88 bits per heavy atom. The van der Waals surface area contributed by atoms with Crippen molar-refractivity contribution in [2.75, 3.05) is 0 Å². The van der Waals surface area contributed by atoms with Gasteiger partial charge in [-0.2, -0.15) is 18.4 Å². The monoisotopic (exact) mass is 242 g/mol. The molecule has 0 amide bonds. The van der Waals surface area contributed by atoms with Crippen molar-refractivity contribution in [2.45, 2.75) is 32.1 Å². The van der Waals surface area contributed by atoms with E-state index in [-0.39, 0.29) is 6.04 Å². The second kappa shape index (κ2) is 5.69. The van der Waals surface area contributed by atoms with E-state index in [1.165, 1.54) is 12.1 Å². The van der Waals surface area contributed by atoms with Gasteiger partial charge in [-0.15, -0.1) is 0 Å². The molecule has 0 heterocycles. The van der Waals surface area contributed by atoms with Crippen molar-refractivity contribution in [3.63, 3.8) is 0 Å². The van der Waals surface area contributed by atoms with Crippen LogP contribution in [0.4, 0.5) is 13.2 Å². The number of hydrogen-bond acceptors (Lipinski definition) is 2. The van der Waals surface area contributed by atoms with E-state index in [0.717, 1.165) is 17.7 Å². The average molecular weight is 242 g/mol. The molecule has 0 aliphatic carbocycles. The van der Waals surface area contributed by atoms with Gasteiger partial charge in [0.2, 0.25) is 0 Å². The summed E-state index contributed by atoms with van der Waals surface area (Å²) in [7, 11) is 0. The van der Waals surface area contributed by atoms with Crippen LogP contribution in [-0.2, 0) is 12.7 Å². The van der Waals surface area contributed by atoms with Crippen molar-refractivity contribution in [3.05, 3.63) is 35.4 Å². The lowest BCUT2D eigenvalue weighted by molar-refractivity contribution is -0.137. The van der Waals surface area contributed by atoms with E-state index in [1.807, 2.05) is 6.92 Å². The molecule has 0 radical (unpaired) electrons. The highest BCUT2D eigenvalue weighted by Crippen LogP contribution is 2.28. The smallest absolute Gasteiger partial charge is 0.298 e. The summed E-state index contributed by atoms with van der Waals surface area (Å²) in [6.07, 6.45) is -3.64. The Balaban J connectivity index is 2.61. The molecule has 5 heteroatoms.